The van der Waals surface area contributed by atoms with Gasteiger partial charge in [0.25, 0.3) is 0 Å². The van der Waals surface area contributed by atoms with Gasteiger partial charge in [-0.2, -0.15) is 0 Å². The van der Waals surface area contributed by atoms with Crippen molar-refractivity contribution < 1.29 is 5.11 Å². The van der Waals surface area contributed by atoms with Crippen LogP contribution >= 0.6 is 0 Å². The van der Waals surface area contributed by atoms with Gasteiger partial charge in [0.15, 0.2) is 0 Å². The maximum absolute atomic E-state index is 9.91. The summed E-state index contributed by atoms with van der Waals surface area (Å²) in [5, 5.41) is 9.91. The molecule has 0 spiro atoms. The number of hydrogen-bond donors (Lipinski definition) is 1. The van der Waals surface area contributed by atoms with Crippen molar-refractivity contribution in [1.29, 1.82) is 0 Å². The molecule has 1 aliphatic rings. The number of phenolic OH excluding ortho intramolecular Hbond substituents is 1. The SMILES string of the molecule is CCCN(CCN1CCCCC1)Cc1ccccc1O. The Morgan fingerprint density at radius 3 is 2.55 bits per heavy atom. The first-order valence-corrected chi connectivity index (χ1v) is 8.01. The summed E-state index contributed by atoms with van der Waals surface area (Å²) in [7, 11) is 0. The highest BCUT2D eigenvalue weighted by atomic mass is 16.3. The Kier molecular flexibility index (Phi) is 6.34. The first-order valence-electron chi connectivity index (χ1n) is 8.01. The van der Waals surface area contributed by atoms with Gasteiger partial charge in [-0.1, -0.05) is 31.5 Å². The fourth-order valence-corrected chi connectivity index (χ4v) is 2.94. The first kappa shape index (κ1) is 15.3. The Morgan fingerprint density at radius 2 is 1.85 bits per heavy atom. The maximum Gasteiger partial charge on any atom is 0.120 e. The molecule has 1 heterocycles. The summed E-state index contributed by atoms with van der Waals surface area (Å²) >= 11 is 0. The third-order valence-corrected chi connectivity index (χ3v) is 4.11. The summed E-state index contributed by atoms with van der Waals surface area (Å²) in [6.07, 6.45) is 5.27. The average molecular weight is 276 g/mol. The Labute approximate surface area is 123 Å². The van der Waals surface area contributed by atoms with Crippen molar-refractivity contribution in [2.75, 3.05) is 32.7 Å². The number of para-hydroxylation sites is 1. The zero-order valence-corrected chi connectivity index (χ0v) is 12.7. The first-order chi connectivity index (χ1) is 9.79. The fraction of sp³-hybridized carbons (Fsp3) is 0.647. The summed E-state index contributed by atoms with van der Waals surface area (Å²) in [6, 6.07) is 7.70. The Balaban J connectivity index is 1.84. The molecule has 0 aliphatic carbocycles. The summed E-state index contributed by atoms with van der Waals surface area (Å²) in [5.41, 5.74) is 1.04. The van der Waals surface area contributed by atoms with Gasteiger partial charge in [0.1, 0.15) is 5.75 Å². The molecule has 1 saturated heterocycles. The summed E-state index contributed by atoms with van der Waals surface area (Å²) < 4.78 is 0. The number of hydrogen-bond acceptors (Lipinski definition) is 3. The molecule has 3 heteroatoms. The average Bonchev–Trinajstić information content (AvgIpc) is 2.48. The van der Waals surface area contributed by atoms with E-state index in [-0.39, 0.29) is 0 Å². The van der Waals surface area contributed by atoms with Crippen molar-refractivity contribution in [3.63, 3.8) is 0 Å². The van der Waals surface area contributed by atoms with Crippen molar-refractivity contribution in [3.8, 4) is 5.75 Å². The third kappa shape index (κ3) is 4.80. The van der Waals surface area contributed by atoms with Crippen LogP contribution in [0.1, 0.15) is 38.2 Å². The van der Waals surface area contributed by atoms with Gasteiger partial charge in [-0.15, -0.1) is 0 Å². The van der Waals surface area contributed by atoms with Gasteiger partial charge in [0.2, 0.25) is 0 Å². The quantitative estimate of drug-likeness (QED) is 0.829. The van der Waals surface area contributed by atoms with Crippen LogP contribution in [0.5, 0.6) is 5.75 Å². The van der Waals surface area contributed by atoms with E-state index >= 15 is 0 Å². The molecule has 0 atom stereocenters. The zero-order chi connectivity index (χ0) is 14.2. The van der Waals surface area contributed by atoms with E-state index in [1.54, 1.807) is 6.07 Å². The van der Waals surface area contributed by atoms with Crippen molar-refractivity contribution >= 4 is 0 Å². The molecule has 20 heavy (non-hydrogen) atoms. The Hall–Kier alpha value is -1.06. The number of likely N-dealkylation sites (tertiary alicyclic amines) is 1. The van der Waals surface area contributed by atoms with Gasteiger partial charge in [-0.25, -0.2) is 0 Å². The monoisotopic (exact) mass is 276 g/mol. The van der Waals surface area contributed by atoms with Gasteiger partial charge in [-0.3, -0.25) is 4.90 Å². The highest BCUT2D eigenvalue weighted by molar-refractivity contribution is 5.31. The third-order valence-electron chi connectivity index (χ3n) is 4.11. The van der Waals surface area contributed by atoms with Crippen LogP contribution in [-0.2, 0) is 6.54 Å². The molecule has 2 rings (SSSR count). The molecule has 1 aromatic carbocycles. The molecule has 1 fully saturated rings. The van der Waals surface area contributed by atoms with E-state index in [0.717, 1.165) is 38.2 Å². The molecule has 0 aromatic heterocycles. The number of nitrogens with zero attached hydrogens (tertiary/aromatic N) is 2. The lowest BCUT2D eigenvalue weighted by Gasteiger charge is -2.30. The van der Waals surface area contributed by atoms with Gasteiger partial charge < -0.3 is 10.0 Å². The minimum Gasteiger partial charge on any atom is -0.508 e. The second kappa shape index (κ2) is 8.28. The van der Waals surface area contributed by atoms with Crippen molar-refractivity contribution in [2.24, 2.45) is 0 Å². The second-order valence-electron chi connectivity index (χ2n) is 5.81. The van der Waals surface area contributed by atoms with E-state index in [1.165, 1.54) is 32.4 Å². The molecular formula is C17H28N2O. The van der Waals surface area contributed by atoms with E-state index in [4.69, 9.17) is 0 Å². The number of piperidine rings is 1. The van der Waals surface area contributed by atoms with E-state index in [2.05, 4.69) is 16.7 Å². The molecule has 112 valence electrons. The van der Waals surface area contributed by atoms with Gasteiger partial charge in [0.05, 0.1) is 0 Å². The number of rotatable bonds is 7. The lowest BCUT2D eigenvalue weighted by Crippen LogP contribution is -2.38. The number of phenols is 1. The minimum absolute atomic E-state index is 0.423. The van der Waals surface area contributed by atoms with Crippen molar-refractivity contribution in [1.82, 2.24) is 9.80 Å². The summed E-state index contributed by atoms with van der Waals surface area (Å²) in [4.78, 5) is 5.04. The topological polar surface area (TPSA) is 26.7 Å². The predicted octanol–water partition coefficient (Wildman–Crippen LogP) is 3.09. The normalized spacial score (nSPS) is 16.7. The molecule has 1 aliphatic heterocycles. The number of aromatic hydroxyl groups is 1. The maximum atomic E-state index is 9.91. The molecule has 0 amide bonds. The number of benzene rings is 1. The molecule has 0 saturated carbocycles. The van der Waals surface area contributed by atoms with E-state index in [1.807, 2.05) is 18.2 Å². The van der Waals surface area contributed by atoms with Gasteiger partial charge in [0, 0.05) is 25.2 Å². The van der Waals surface area contributed by atoms with E-state index in [9.17, 15) is 5.11 Å². The molecule has 0 radical (unpaired) electrons. The van der Waals surface area contributed by atoms with Crippen molar-refractivity contribution in [3.05, 3.63) is 29.8 Å². The van der Waals surface area contributed by atoms with Crippen LogP contribution in [0, 0.1) is 0 Å². The van der Waals surface area contributed by atoms with Gasteiger partial charge >= 0.3 is 0 Å². The van der Waals surface area contributed by atoms with Crippen LogP contribution in [0.2, 0.25) is 0 Å². The minimum atomic E-state index is 0.423. The van der Waals surface area contributed by atoms with E-state index < -0.39 is 0 Å². The second-order valence-corrected chi connectivity index (χ2v) is 5.81. The molecule has 1 N–H and O–H groups in total. The molecule has 3 nitrogen and oxygen atoms in total. The van der Waals surface area contributed by atoms with Gasteiger partial charge in [-0.05, 0) is 45.0 Å². The molecule has 0 bridgehead atoms. The summed E-state index contributed by atoms with van der Waals surface area (Å²) in [5.74, 6) is 0.423. The fourth-order valence-electron chi connectivity index (χ4n) is 2.94. The largest absolute Gasteiger partial charge is 0.508 e. The predicted molar refractivity (Wildman–Crippen MR) is 84.0 cm³/mol. The van der Waals surface area contributed by atoms with Crippen LogP contribution in [0.3, 0.4) is 0 Å². The highest BCUT2D eigenvalue weighted by Gasteiger charge is 2.13. The Morgan fingerprint density at radius 1 is 1.10 bits per heavy atom. The van der Waals surface area contributed by atoms with Crippen LogP contribution in [0.4, 0.5) is 0 Å². The molecule has 0 unspecified atom stereocenters. The van der Waals surface area contributed by atoms with Crippen LogP contribution in [0.15, 0.2) is 24.3 Å². The highest BCUT2D eigenvalue weighted by Crippen LogP contribution is 2.18. The Bertz CT molecular complexity index is 388. The van der Waals surface area contributed by atoms with Crippen LogP contribution < -0.4 is 0 Å². The standard InChI is InChI=1S/C17H28N2O/c1-2-10-19(14-13-18-11-6-3-7-12-18)15-16-8-4-5-9-17(16)20/h4-5,8-9,20H,2-3,6-7,10-15H2,1H3. The zero-order valence-electron chi connectivity index (χ0n) is 12.7. The molecule has 1 aromatic rings. The lowest BCUT2D eigenvalue weighted by molar-refractivity contribution is 0.177. The molecular weight excluding hydrogens is 248 g/mol. The van der Waals surface area contributed by atoms with Crippen molar-refractivity contribution in [2.45, 2.75) is 39.2 Å². The van der Waals surface area contributed by atoms with Crippen LogP contribution in [-0.4, -0.2) is 47.6 Å². The van der Waals surface area contributed by atoms with Crippen LogP contribution in [0.25, 0.3) is 0 Å². The smallest absolute Gasteiger partial charge is 0.120 e. The van der Waals surface area contributed by atoms with E-state index in [0.29, 0.717) is 5.75 Å². The lowest BCUT2D eigenvalue weighted by atomic mass is 10.1. The summed E-state index contributed by atoms with van der Waals surface area (Å²) in [6.45, 7) is 8.96.